The lowest BCUT2D eigenvalue weighted by molar-refractivity contribution is 0.322. The van der Waals surface area contributed by atoms with Gasteiger partial charge in [0.25, 0.3) is 0 Å². The molecule has 1 aliphatic rings. The molecule has 0 unspecified atom stereocenters. The van der Waals surface area contributed by atoms with Gasteiger partial charge in [-0.05, 0) is 29.4 Å². The molecule has 0 fully saturated rings. The average Bonchev–Trinajstić information content (AvgIpc) is 2.71. The zero-order valence-electron chi connectivity index (χ0n) is 8.74. The van der Waals surface area contributed by atoms with Crippen LogP contribution in [0, 0.1) is 0 Å². The Kier molecular flexibility index (Phi) is 3.92. The van der Waals surface area contributed by atoms with Crippen LogP contribution >= 0.6 is 11.8 Å². The maximum Gasteiger partial charge on any atom is 0.122 e. The number of fused-ring (bicyclic) bond motifs is 1. The minimum atomic E-state index is 0.280. The van der Waals surface area contributed by atoms with Gasteiger partial charge < -0.3 is 9.84 Å². The maximum absolute atomic E-state index is 8.65. The van der Waals surface area contributed by atoms with Gasteiger partial charge in [0.05, 0.1) is 13.2 Å². The smallest absolute Gasteiger partial charge is 0.122 e. The number of benzene rings is 1. The largest absolute Gasteiger partial charge is 0.493 e. The Bertz CT molecular complexity index is 325. The number of ether oxygens (including phenoxy) is 1. The molecule has 0 atom stereocenters. The van der Waals surface area contributed by atoms with E-state index >= 15 is 0 Å². The van der Waals surface area contributed by atoms with Gasteiger partial charge >= 0.3 is 0 Å². The van der Waals surface area contributed by atoms with Crippen molar-refractivity contribution in [3.63, 3.8) is 0 Å². The van der Waals surface area contributed by atoms with E-state index in [2.05, 4.69) is 18.2 Å². The Hall–Kier alpha value is -0.670. The van der Waals surface area contributed by atoms with E-state index in [9.17, 15) is 0 Å². The van der Waals surface area contributed by atoms with Gasteiger partial charge in [0, 0.05) is 12.2 Å². The molecule has 0 aromatic heterocycles. The summed E-state index contributed by atoms with van der Waals surface area (Å²) in [5, 5.41) is 8.65. The maximum atomic E-state index is 8.65. The fourth-order valence-electron chi connectivity index (χ4n) is 1.75. The van der Waals surface area contributed by atoms with Crippen LogP contribution in [0.25, 0.3) is 0 Å². The first kappa shape index (κ1) is 10.8. The molecule has 82 valence electrons. The van der Waals surface area contributed by atoms with Crippen LogP contribution < -0.4 is 4.74 Å². The van der Waals surface area contributed by atoms with Gasteiger partial charge in [0.2, 0.25) is 0 Å². The molecule has 2 nitrogen and oxygen atoms in total. The molecule has 0 aliphatic carbocycles. The number of aliphatic hydroxyl groups excluding tert-OH is 1. The number of aryl methyl sites for hydroxylation is 1. The molecule has 1 heterocycles. The molecule has 1 N–H and O–H groups in total. The quantitative estimate of drug-likeness (QED) is 0.774. The summed E-state index contributed by atoms with van der Waals surface area (Å²) in [5.74, 6) is 2.98. The predicted octanol–water partition coefficient (Wildman–Crippen LogP) is 1.89. The molecule has 0 radical (unpaired) electrons. The van der Waals surface area contributed by atoms with Crippen LogP contribution in [0.1, 0.15) is 11.1 Å². The second kappa shape index (κ2) is 5.42. The Balaban J connectivity index is 1.87. The number of aliphatic hydroxyl groups is 1. The van der Waals surface area contributed by atoms with Crippen LogP contribution in [-0.2, 0) is 12.8 Å². The van der Waals surface area contributed by atoms with Gasteiger partial charge in [0.1, 0.15) is 5.75 Å². The van der Waals surface area contributed by atoms with Crippen LogP contribution in [0.3, 0.4) is 0 Å². The summed E-state index contributed by atoms with van der Waals surface area (Å²) in [6.45, 7) is 1.11. The van der Waals surface area contributed by atoms with E-state index in [-0.39, 0.29) is 6.61 Å². The first-order valence-corrected chi connectivity index (χ1v) is 6.49. The summed E-state index contributed by atoms with van der Waals surface area (Å²) in [6, 6.07) is 6.47. The molecular weight excluding hydrogens is 208 g/mol. The SMILES string of the molecule is OCCSCCc1ccc2c(c1)CCO2. The molecule has 1 aromatic carbocycles. The highest BCUT2D eigenvalue weighted by atomic mass is 32.2. The van der Waals surface area contributed by atoms with E-state index in [1.807, 2.05) is 0 Å². The third-order valence-electron chi connectivity index (χ3n) is 2.52. The molecule has 1 aromatic rings. The predicted molar refractivity (Wildman–Crippen MR) is 63.8 cm³/mol. The second-order valence-corrected chi connectivity index (χ2v) is 4.85. The van der Waals surface area contributed by atoms with Gasteiger partial charge in [0.15, 0.2) is 0 Å². The van der Waals surface area contributed by atoms with Gasteiger partial charge in [-0.25, -0.2) is 0 Å². The second-order valence-electron chi connectivity index (χ2n) is 3.63. The van der Waals surface area contributed by atoms with Crippen LogP contribution in [0.4, 0.5) is 0 Å². The van der Waals surface area contributed by atoms with E-state index in [1.54, 1.807) is 11.8 Å². The number of thioether (sulfide) groups is 1. The summed E-state index contributed by atoms with van der Waals surface area (Å²) in [7, 11) is 0. The molecule has 0 spiro atoms. The Labute approximate surface area is 94.6 Å². The fourth-order valence-corrected chi connectivity index (χ4v) is 2.47. The molecule has 0 saturated carbocycles. The summed E-state index contributed by atoms with van der Waals surface area (Å²) in [4.78, 5) is 0. The molecule has 2 rings (SSSR count). The Morgan fingerprint density at radius 1 is 1.33 bits per heavy atom. The minimum Gasteiger partial charge on any atom is -0.493 e. The lowest BCUT2D eigenvalue weighted by Gasteiger charge is -2.03. The summed E-state index contributed by atoms with van der Waals surface area (Å²) < 4.78 is 5.46. The summed E-state index contributed by atoms with van der Waals surface area (Å²) >= 11 is 1.80. The van der Waals surface area contributed by atoms with E-state index in [4.69, 9.17) is 9.84 Å². The van der Waals surface area contributed by atoms with Crippen molar-refractivity contribution in [3.05, 3.63) is 29.3 Å². The van der Waals surface area contributed by atoms with E-state index in [0.29, 0.717) is 0 Å². The van der Waals surface area contributed by atoms with E-state index < -0.39 is 0 Å². The zero-order chi connectivity index (χ0) is 10.5. The van der Waals surface area contributed by atoms with Gasteiger partial charge in [-0.3, -0.25) is 0 Å². The molecule has 15 heavy (non-hydrogen) atoms. The van der Waals surface area contributed by atoms with Crippen molar-refractivity contribution in [3.8, 4) is 5.75 Å². The molecular formula is C12H16O2S. The summed E-state index contributed by atoms with van der Waals surface area (Å²) in [6.07, 6.45) is 2.13. The van der Waals surface area contributed by atoms with Crippen molar-refractivity contribution in [2.24, 2.45) is 0 Å². The van der Waals surface area contributed by atoms with E-state index in [1.165, 1.54) is 11.1 Å². The Morgan fingerprint density at radius 2 is 2.27 bits per heavy atom. The van der Waals surface area contributed by atoms with E-state index in [0.717, 1.165) is 36.7 Å². The highest BCUT2D eigenvalue weighted by Crippen LogP contribution is 2.26. The van der Waals surface area contributed by atoms with Crippen molar-refractivity contribution < 1.29 is 9.84 Å². The number of hydrogen-bond donors (Lipinski definition) is 1. The van der Waals surface area contributed by atoms with Crippen LogP contribution in [0.2, 0.25) is 0 Å². The lowest BCUT2D eigenvalue weighted by atomic mass is 10.1. The monoisotopic (exact) mass is 224 g/mol. The number of rotatable bonds is 5. The van der Waals surface area contributed by atoms with Gasteiger partial charge in [-0.2, -0.15) is 11.8 Å². The van der Waals surface area contributed by atoms with Gasteiger partial charge in [-0.15, -0.1) is 0 Å². The third-order valence-corrected chi connectivity index (χ3v) is 3.49. The standard InChI is InChI=1S/C12H16O2S/c13-5-8-15-7-4-10-1-2-12-11(9-10)3-6-14-12/h1-2,9,13H,3-8H2. The van der Waals surface area contributed by atoms with Crippen molar-refractivity contribution in [2.45, 2.75) is 12.8 Å². The van der Waals surface area contributed by atoms with Crippen LogP contribution in [0.15, 0.2) is 18.2 Å². The topological polar surface area (TPSA) is 29.5 Å². The normalized spacial score (nSPS) is 13.7. The average molecular weight is 224 g/mol. The number of hydrogen-bond acceptors (Lipinski definition) is 3. The molecule has 0 amide bonds. The third kappa shape index (κ3) is 2.89. The first-order valence-electron chi connectivity index (χ1n) is 5.33. The minimum absolute atomic E-state index is 0.280. The molecule has 3 heteroatoms. The first-order chi connectivity index (χ1) is 7.40. The highest BCUT2D eigenvalue weighted by molar-refractivity contribution is 7.99. The van der Waals surface area contributed by atoms with Crippen molar-refractivity contribution in [1.82, 2.24) is 0 Å². The zero-order valence-corrected chi connectivity index (χ0v) is 9.55. The highest BCUT2D eigenvalue weighted by Gasteiger charge is 2.11. The molecule has 0 saturated heterocycles. The van der Waals surface area contributed by atoms with Crippen LogP contribution in [-0.4, -0.2) is 29.8 Å². The van der Waals surface area contributed by atoms with Crippen molar-refractivity contribution in [2.75, 3.05) is 24.7 Å². The molecule has 0 bridgehead atoms. The molecule has 1 aliphatic heterocycles. The summed E-state index contributed by atoms with van der Waals surface area (Å²) in [5.41, 5.74) is 2.73. The van der Waals surface area contributed by atoms with Crippen LogP contribution in [0.5, 0.6) is 5.75 Å². The fraction of sp³-hybridized carbons (Fsp3) is 0.500. The van der Waals surface area contributed by atoms with Gasteiger partial charge in [-0.1, -0.05) is 12.1 Å². The lowest BCUT2D eigenvalue weighted by Crippen LogP contribution is -1.93. The Morgan fingerprint density at radius 3 is 3.13 bits per heavy atom. The van der Waals surface area contributed by atoms with Crippen molar-refractivity contribution >= 4 is 11.8 Å². The van der Waals surface area contributed by atoms with Crippen molar-refractivity contribution in [1.29, 1.82) is 0 Å².